The molecule has 1 fully saturated rings. The van der Waals surface area contributed by atoms with Crippen molar-refractivity contribution in [3.8, 4) is 0 Å². The van der Waals surface area contributed by atoms with Crippen LogP contribution in [0.5, 0.6) is 0 Å². The number of hydrogen-bond acceptors (Lipinski definition) is 4. The molecule has 2 rings (SSSR count). The zero-order valence-electron chi connectivity index (χ0n) is 14.1. The number of likely N-dealkylation sites (tertiary alicyclic amines) is 1. The van der Waals surface area contributed by atoms with Gasteiger partial charge in [0.25, 0.3) is 0 Å². The van der Waals surface area contributed by atoms with E-state index < -0.39 is 5.60 Å². The number of amides is 1. The maximum absolute atomic E-state index is 12.0. The van der Waals surface area contributed by atoms with Crippen LogP contribution in [0.25, 0.3) is 0 Å². The number of aryl methyl sites for hydroxylation is 1. The number of carbonyl (C=O) groups excluding carboxylic acids is 1. The van der Waals surface area contributed by atoms with E-state index in [1.165, 1.54) is 11.1 Å². The number of rotatable bonds is 4. The minimum absolute atomic E-state index is 0.173. The molecule has 1 saturated heterocycles. The third-order valence-electron chi connectivity index (χ3n) is 3.98. The van der Waals surface area contributed by atoms with Crippen LogP contribution in [0.2, 0.25) is 0 Å². The topological polar surface area (TPSA) is 41.6 Å². The molecule has 2 heterocycles. The van der Waals surface area contributed by atoms with Gasteiger partial charge in [0.05, 0.1) is 0 Å². The highest BCUT2D eigenvalue weighted by Gasteiger charge is 2.26. The van der Waals surface area contributed by atoms with Crippen LogP contribution in [0.4, 0.5) is 4.79 Å². The standard InChI is InChI=1S/C17H28N2O2S/c1-13-11-22-12-15(13)10-18-9-14-5-7-19(8-6-14)16(20)21-17(2,3)4/h11-12,14,18H,5-10H2,1-4H3. The van der Waals surface area contributed by atoms with Gasteiger partial charge in [-0.1, -0.05) is 0 Å². The Morgan fingerprint density at radius 3 is 2.59 bits per heavy atom. The second kappa shape index (κ2) is 7.47. The van der Waals surface area contributed by atoms with Crippen molar-refractivity contribution in [1.29, 1.82) is 0 Å². The average molecular weight is 324 g/mol. The highest BCUT2D eigenvalue weighted by Crippen LogP contribution is 2.19. The second-order valence-electron chi connectivity index (χ2n) is 7.12. The predicted octanol–water partition coefficient (Wildman–Crippen LogP) is 3.79. The van der Waals surface area contributed by atoms with Crippen LogP contribution in [-0.4, -0.2) is 36.2 Å². The summed E-state index contributed by atoms with van der Waals surface area (Å²) in [7, 11) is 0. The third kappa shape index (κ3) is 5.29. The maximum atomic E-state index is 12.0. The number of carbonyl (C=O) groups is 1. The van der Waals surface area contributed by atoms with Gasteiger partial charge in [-0.15, -0.1) is 0 Å². The Morgan fingerprint density at radius 2 is 2.05 bits per heavy atom. The zero-order valence-corrected chi connectivity index (χ0v) is 15.0. The van der Waals surface area contributed by atoms with E-state index in [2.05, 4.69) is 23.0 Å². The molecule has 1 N–H and O–H groups in total. The lowest BCUT2D eigenvalue weighted by Crippen LogP contribution is -2.43. The molecule has 0 radical (unpaired) electrons. The van der Waals surface area contributed by atoms with E-state index in [4.69, 9.17) is 4.74 Å². The molecule has 4 nitrogen and oxygen atoms in total. The maximum Gasteiger partial charge on any atom is 0.410 e. The predicted molar refractivity (Wildman–Crippen MR) is 91.3 cm³/mol. The van der Waals surface area contributed by atoms with Crippen LogP contribution in [0, 0.1) is 12.8 Å². The Balaban J connectivity index is 1.67. The minimum atomic E-state index is -0.409. The second-order valence-corrected chi connectivity index (χ2v) is 7.87. The molecule has 5 heteroatoms. The van der Waals surface area contributed by atoms with Crippen molar-refractivity contribution in [2.45, 2.75) is 52.7 Å². The van der Waals surface area contributed by atoms with Gasteiger partial charge in [-0.25, -0.2) is 4.79 Å². The fraction of sp³-hybridized carbons (Fsp3) is 0.706. The molecule has 1 aliphatic heterocycles. The molecule has 1 aromatic heterocycles. The van der Waals surface area contributed by atoms with Gasteiger partial charge >= 0.3 is 6.09 Å². The number of piperidine rings is 1. The SMILES string of the molecule is Cc1cscc1CNCC1CCN(C(=O)OC(C)(C)C)CC1. The molecule has 0 atom stereocenters. The summed E-state index contributed by atoms with van der Waals surface area (Å²) in [5.74, 6) is 0.651. The number of thiophene rings is 1. The summed E-state index contributed by atoms with van der Waals surface area (Å²) < 4.78 is 5.43. The van der Waals surface area contributed by atoms with Crippen molar-refractivity contribution in [2.24, 2.45) is 5.92 Å². The summed E-state index contributed by atoms with van der Waals surface area (Å²) in [6.07, 6.45) is 1.93. The first-order chi connectivity index (χ1) is 10.3. The van der Waals surface area contributed by atoms with Crippen LogP contribution in [0.15, 0.2) is 10.8 Å². The van der Waals surface area contributed by atoms with Crippen LogP contribution in [0.1, 0.15) is 44.7 Å². The Labute approximate surface area is 137 Å². The molecule has 0 aromatic carbocycles. The number of ether oxygens (including phenoxy) is 1. The summed E-state index contributed by atoms with van der Waals surface area (Å²) in [5, 5.41) is 7.96. The number of nitrogens with one attached hydrogen (secondary N) is 1. The van der Waals surface area contributed by atoms with E-state index in [1.807, 2.05) is 25.7 Å². The summed E-state index contributed by atoms with van der Waals surface area (Å²) in [5.41, 5.74) is 2.36. The molecular weight excluding hydrogens is 296 g/mol. The minimum Gasteiger partial charge on any atom is -0.444 e. The van der Waals surface area contributed by atoms with E-state index in [0.717, 1.165) is 39.0 Å². The average Bonchev–Trinajstić information content (AvgIpc) is 2.83. The first-order valence-corrected chi connectivity index (χ1v) is 9.00. The van der Waals surface area contributed by atoms with Gasteiger partial charge in [-0.05, 0) is 74.9 Å². The molecule has 0 saturated carbocycles. The van der Waals surface area contributed by atoms with Gasteiger partial charge < -0.3 is 15.0 Å². The Hall–Kier alpha value is -1.07. The van der Waals surface area contributed by atoms with E-state index in [-0.39, 0.29) is 6.09 Å². The Morgan fingerprint density at radius 1 is 1.36 bits per heavy atom. The van der Waals surface area contributed by atoms with Crippen molar-refractivity contribution in [2.75, 3.05) is 19.6 Å². The van der Waals surface area contributed by atoms with Crippen molar-refractivity contribution in [3.05, 3.63) is 21.9 Å². The highest BCUT2D eigenvalue weighted by molar-refractivity contribution is 7.08. The van der Waals surface area contributed by atoms with Crippen molar-refractivity contribution in [1.82, 2.24) is 10.2 Å². The number of hydrogen-bond donors (Lipinski definition) is 1. The fourth-order valence-corrected chi connectivity index (χ4v) is 3.48. The summed E-state index contributed by atoms with van der Waals surface area (Å²) in [6, 6.07) is 0. The monoisotopic (exact) mass is 324 g/mol. The van der Waals surface area contributed by atoms with Gasteiger partial charge in [-0.2, -0.15) is 11.3 Å². The lowest BCUT2D eigenvalue weighted by Gasteiger charge is -2.33. The lowest BCUT2D eigenvalue weighted by atomic mass is 9.97. The van der Waals surface area contributed by atoms with Crippen LogP contribution < -0.4 is 5.32 Å². The molecule has 1 amide bonds. The quantitative estimate of drug-likeness (QED) is 0.916. The first kappa shape index (κ1) is 17.3. The van der Waals surface area contributed by atoms with E-state index in [0.29, 0.717) is 5.92 Å². The first-order valence-electron chi connectivity index (χ1n) is 8.05. The van der Waals surface area contributed by atoms with Crippen molar-refractivity contribution in [3.63, 3.8) is 0 Å². The Bertz CT molecular complexity index is 485. The summed E-state index contributed by atoms with van der Waals surface area (Å²) in [6.45, 7) is 11.5. The van der Waals surface area contributed by atoms with Gasteiger partial charge in [0.15, 0.2) is 0 Å². The summed E-state index contributed by atoms with van der Waals surface area (Å²) in [4.78, 5) is 13.9. The van der Waals surface area contributed by atoms with E-state index in [1.54, 1.807) is 11.3 Å². The molecule has 1 aromatic rings. The van der Waals surface area contributed by atoms with Gasteiger partial charge in [-0.3, -0.25) is 0 Å². The molecule has 22 heavy (non-hydrogen) atoms. The van der Waals surface area contributed by atoms with Crippen LogP contribution in [0.3, 0.4) is 0 Å². The largest absolute Gasteiger partial charge is 0.444 e. The molecular formula is C17H28N2O2S. The zero-order chi connectivity index (χ0) is 16.2. The highest BCUT2D eigenvalue weighted by atomic mass is 32.1. The molecule has 124 valence electrons. The van der Waals surface area contributed by atoms with E-state index in [9.17, 15) is 4.79 Å². The normalized spacial score (nSPS) is 16.8. The number of nitrogens with zero attached hydrogens (tertiary/aromatic N) is 1. The van der Waals surface area contributed by atoms with Crippen LogP contribution in [-0.2, 0) is 11.3 Å². The smallest absolute Gasteiger partial charge is 0.410 e. The van der Waals surface area contributed by atoms with E-state index >= 15 is 0 Å². The Kier molecular flexibility index (Phi) is 5.87. The third-order valence-corrected chi connectivity index (χ3v) is 4.89. The van der Waals surface area contributed by atoms with Crippen molar-refractivity contribution >= 4 is 17.4 Å². The molecule has 0 bridgehead atoms. The van der Waals surface area contributed by atoms with Gasteiger partial charge in [0.2, 0.25) is 0 Å². The molecule has 1 aliphatic rings. The molecule has 0 spiro atoms. The van der Waals surface area contributed by atoms with Gasteiger partial charge in [0.1, 0.15) is 5.60 Å². The summed E-state index contributed by atoms with van der Waals surface area (Å²) >= 11 is 1.76. The van der Waals surface area contributed by atoms with Crippen LogP contribution >= 0.6 is 11.3 Å². The molecule has 0 aliphatic carbocycles. The van der Waals surface area contributed by atoms with Gasteiger partial charge in [0, 0.05) is 19.6 Å². The molecule has 0 unspecified atom stereocenters. The lowest BCUT2D eigenvalue weighted by molar-refractivity contribution is 0.0184. The fourth-order valence-electron chi connectivity index (χ4n) is 2.63. The van der Waals surface area contributed by atoms with Crippen molar-refractivity contribution < 1.29 is 9.53 Å².